The maximum absolute atomic E-state index is 11.1. The Morgan fingerprint density at radius 2 is 1.60 bits per heavy atom. The van der Waals surface area contributed by atoms with Gasteiger partial charge in [0.25, 0.3) is 0 Å². The second kappa shape index (κ2) is 7.87. The number of carbonyl (C=O) groups is 1. The van der Waals surface area contributed by atoms with Crippen LogP contribution in [0.1, 0.15) is 11.1 Å². The Morgan fingerprint density at radius 3 is 2.08 bits per heavy atom. The molecule has 0 aliphatic rings. The molecule has 2 aromatic rings. The Bertz CT molecular complexity index is 785. The van der Waals surface area contributed by atoms with Gasteiger partial charge in [-0.3, -0.25) is 0 Å². The summed E-state index contributed by atoms with van der Waals surface area (Å²) in [6.07, 6.45) is 0. The summed E-state index contributed by atoms with van der Waals surface area (Å²) in [5.41, 5.74) is 4.98. The van der Waals surface area contributed by atoms with E-state index in [1.54, 1.807) is 3.07 Å². The van der Waals surface area contributed by atoms with Gasteiger partial charge in [-0.2, -0.15) is 0 Å². The molecule has 0 saturated heterocycles. The fourth-order valence-corrected chi connectivity index (χ4v) is 9.44. The van der Waals surface area contributed by atoms with Crippen molar-refractivity contribution in [3.8, 4) is 0 Å². The molecule has 0 atom stereocenters. The molecule has 0 radical (unpaired) electrons. The molecule has 0 saturated carbocycles. The van der Waals surface area contributed by atoms with Crippen molar-refractivity contribution in [3.63, 3.8) is 0 Å². The van der Waals surface area contributed by atoms with Crippen molar-refractivity contribution in [2.24, 2.45) is 0 Å². The van der Waals surface area contributed by atoms with Crippen LogP contribution in [-0.4, -0.2) is 45.8 Å². The van der Waals surface area contributed by atoms with Gasteiger partial charge in [-0.25, -0.2) is 0 Å². The van der Waals surface area contributed by atoms with Gasteiger partial charge in [0.15, 0.2) is 0 Å². The molecule has 130 valence electrons. The van der Waals surface area contributed by atoms with Crippen LogP contribution in [-0.2, 0) is 29.4 Å². The number of aliphatic carboxylic acids is 1. The summed E-state index contributed by atoms with van der Waals surface area (Å²) in [6, 6.07) is 13.3. The molecular weight excluding hydrogens is 501 g/mol. The number of carboxylic acids is 1. The van der Waals surface area contributed by atoms with E-state index >= 15 is 0 Å². The summed E-state index contributed by atoms with van der Waals surface area (Å²) in [5, 5.41) is 9.11. The average molecular weight is 528 g/mol. The number of hydrogen-bond donors (Lipinski definition) is 1. The van der Waals surface area contributed by atoms with Crippen LogP contribution in [0, 0.1) is 13.8 Å². The van der Waals surface area contributed by atoms with E-state index in [2.05, 4.69) is 69.2 Å². The van der Waals surface area contributed by atoms with Crippen molar-refractivity contribution in [2.75, 3.05) is 39.6 Å². The minimum absolute atomic E-state index is 0.0914. The first-order valence-electron chi connectivity index (χ1n) is 8.52. The number of benzene rings is 2. The second-order valence-electron chi connectivity index (χ2n) is 7.53. The normalized spacial score (nSPS) is 11.1. The average Bonchev–Trinajstić information content (AvgIpc) is 2.49. The van der Waals surface area contributed by atoms with Crippen molar-refractivity contribution >= 4 is 23.5 Å². The van der Waals surface area contributed by atoms with Gasteiger partial charge in [-0.05, 0) is 0 Å². The first-order chi connectivity index (χ1) is 11.6. The van der Waals surface area contributed by atoms with E-state index in [1.807, 2.05) is 14.1 Å². The molecule has 1 N–H and O–H groups in total. The van der Waals surface area contributed by atoms with E-state index in [-0.39, 0.29) is 6.54 Å². The zero-order valence-electron chi connectivity index (χ0n) is 16.1. The molecule has 5 heteroatoms. The summed E-state index contributed by atoms with van der Waals surface area (Å²) in [5.74, 6) is -0.775. The molecule has 4 nitrogen and oxygen atoms in total. The van der Waals surface area contributed by atoms with E-state index in [0.29, 0.717) is 4.48 Å². The van der Waals surface area contributed by atoms with Crippen LogP contribution in [0.5, 0.6) is 0 Å². The number of hydrogen-bond acceptors (Lipinski definition) is 2. The summed E-state index contributed by atoms with van der Waals surface area (Å²) < 4.78 is 3.41. The second-order valence-corrected chi connectivity index (χ2v) is 14.8. The van der Waals surface area contributed by atoms with E-state index in [4.69, 9.17) is 5.11 Å². The Kier molecular flexibility index (Phi) is 6.28. The first-order valence-corrected chi connectivity index (χ1v) is 14.0. The fraction of sp³-hybridized carbons (Fsp3) is 0.350. The third-order valence-corrected chi connectivity index (χ3v) is 13.9. The van der Waals surface area contributed by atoms with Crippen LogP contribution < -0.4 is 15.5 Å². The summed E-state index contributed by atoms with van der Waals surface area (Å²) in [4.78, 5) is 13.2. The molecule has 0 amide bonds. The monoisotopic (exact) mass is 529 g/mol. The van der Waals surface area contributed by atoms with Gasteiger partial charge in [-0.15, -0.1) is 0 Å². The third kappa shape index (κ3) is 5.05. The van der Waals surface area contributed by atoms with Crippen molar-refractivity contribution in [2.45, 2.75) is 13.8 Å². The van der Waals surface area contributed by atoms with Crippen molar-refractivity contribution in [1.29, 1.82) is 0 Å². The molecule has 0 aliphatic carbocycles. The molecule has 0 fully saturated rings. The number of carboxylic acid groups (broad SMARTS) is 1. The van der Waals surface area contributed by atoms with Gasteiger partial charge in [0.2, 0.25) is 0 Å². The standard InChI is InChI=1S/C11H14NO2.C9H12N.Hg/c1-9-5-4-6-10(7-9)12(2,3)8-11(13)14;1-8-5-4-6-9(7-8)10(2)3;/h4,6-7H,8H2,1-3H3;4,6-7H,1-3H3;/p+1. The van der Waals surface area contributed by atoms with Gasteiger partial charge in [-0.1, -0.05) is 0 Å². The van der Waals surface area contributed by atoms with Crippen LogP contribution in [0.2, 0.25) is 0 Å². The molecule has 25 heavy (non-hydrogen) atoms. The predicted molar refractivity (Wildman–Crippen MR) is 102 cm³/mol. The molecule has 0 aromatic heterocycles. The zero-order chi connectivity index (χ0) is 18.8. The van der Waals surface area contributed by atoms with E-state index in [0.717, 1.165) is 5.69 Å². The number of likely N-dealkylation sites (N-methyl/N-ethyl adjacent to an activating group) is 1. The summed E-state index contributed by atoms with van der Waals surface area (Å²) in [7, 11) is 8.02. The molecule has 2 rings (SSSR count). The number of aryl methyl sites for hydroxylation is 2. The van der Waals surface area contributed by atoms with Crippen LogP contribution >= 0.6 is 0 Å². The topological polar surface area (TPSA) is 40.5 Å². The number of rotatable bonds is 6. The van der Waals surface area contributed by atoms with Crippen LogP contribution in [0.25, 0.3) is 0 Å². The Hall–Kier alpha value is -1.39. The van der Waals surface area contributed by atoms with Crippen molar-refractivity contribution in [3.05, 3.63) is 47.5 Å². The molecule has 0 heterocycles. The van der Waals surface area contributed by atoms with Gasteiger partial charge >= 0.3 is 163 Å². The molecule has 0 bridgehead atoms. The number of anilines is 1. The van der Waals surface area contributed by atoms with Gasteiger partial charge in [0.1, 0.15) is 0 Å². The SMILES string of the molecule is Cc1cc(N(C)C)cc[c]1[Hg][c]1ccc([N+](C)(C)CC(=O)O)cc1C. The number of quaternary nitrogens is 1. The third-order valence-electron chi connectivity index (χ3n) is 4.78. The molecule has 0 unspecified atom stereocenters. The van der Waals surface area contributed by atoms with E-state index in [1.165, 1.54) is 19.9 Å². The number of nitrogens with zero attached hydrogens (tertiary/aromatic N) is 2. The Morgan fingerprint density at radius 1 is 1.04 bits per heavy atom. The summed E-state index contributed by atoms with van der Waals surface area (Å²) in [6.45, 7) is 4.45. The first kappa shape index (κ1) is 19.9. The maximum atomic E-state index is 11.1. The van der Waals surface area contributed by atoms with Crippen molar-refractivity contribution < 1.29 is 34.5 Å². The van der Waals surface area contributed by atoms with Gasteiger partial charge in [0, 0.05) is 0 Å². The Labute approximate surface area is 163 Å². The van der Waals surface area contributed by atoms with E-state index in [9.17, 15) is 4.79 Å². The Balaban J connectivity index is 2.26. The van der Waals surface area contributed by atoms with Gasteiger partial charge < -0.3 is 0 Å². The molecule has 0 aliphatic heterocycles. The molecule has 0 spiro atoms. The molecule has 2 aromatic carbocycles. The fourth-order valence-electron chi connectivity index (χ4n) is 3.05. The zero-order valence-corrected chi connectivity index (χ0v) is 21.6. The van der Waals surface area contributed by atoms with Crippen molar-refractivity contribution in [1.82, 2.24) is 4.48 Å². The summed E-state index contributed by atoms with van der Waals surface area (Å²) >= 11 is -1.42. The van der Waals surface area contributed by atoms with Crippen LogP contribution in [0.15, 0.2) is 36.4 Å². The van der Waals surface area contributed by atoms with Crippen LogP contribution in [0.4, 0.5) is 11.4 Å². The van der Waals surface area contributed by atoms with E-state index < -0.39 is 30.5 Å². The minimum atomic E-state index is -1.42. The van der Waals surface area contributed by atoms with Gasteiger partial charge in [0.05, 0.1) is 0 Å². The molecular formula is C20H27HgN2O2+. The predicted octanol–water partition coefficient (Wildman–Crippen LogP) is 2.05. The van der Waals surface area contributed by atoms with Crippen LogP contribution in [0.3, 0.4) is 0 Å². The quantitative estimate of drug-likeness (QED) is 0.462.